The van der Waals surface area contributed by atoms with Crippen molar-refractivity contribution in [2.24, 2.45) is 0 Å². The van der Waals surface area contributed by atoms with Gasteiger partial charge in [0.2, 0.25) is 5.75 Å². The lowest BCUT2D eigenvalue weighted by molar-refractivity contribution is 0.0935. The topological polar surface area (TPSA) is 185 Å². The molecule has 1 atom stereocenters. The van der Waals surface area contributed by atoms with Gasteiger partial charge >= 0.3 is 0 Å². The van der Waals surface area contributed by atoms with E-state index in [9.17, 15) is 25.2 Å². The van der Waals surface area contributed by atoms with E-state index in [0.29, 0.717) is 97.3 Å². The molecule has 0 aliphatic carbocycles. The Hall–Kier alpha value is -5.31. The lowest BCUT2D eigenvalue weighted by Crippen LogP contribution is -2.38. The molecule has 0 radical (unpaired) electrons. The number of unbranched alkanes of at least 4 members (excludes halogenated alkanes) is 3. The number of aliphatic hydroxyl groups is 4. The summed E-state index contributed by atoms with van der Waals surface area (Å²) in [6, 6.07) is 19.3. The lowest BCUT2D eigenvalue weighted by Gasteiger charge is -2.28. The Morgan fingerprint density at radius 3 is 2.02 bits per heavy atom. The van der Waals surface area contributed by atoms with Gasteiger partial charge in [0.1, 0.15) is 17.6 Å². The summed E-state index contributed by atoms with van der Waals surface area (Å²) in [6.45, 7) is -0.213. The second kappa shape index (κ2) is 18.3. The van der Waals surface area contributed by atoms with Crippen LogP contribution in [-0.4, -0.2) is 58.9 Å². The molecule has 0 saturated heterocycles. The van der Waals surface area contributed by atoms with Gasteiger partial charge in [-0.3, -0.25) is 4.79 Å². The third-order valence-corrected chi connectivity index (χ3v) is 9.65. The number of anilines is 1. The zero-order valence-electron chi connectivity index (χ0n) is 30.6. The van der Waals surface area contributed by atoms with Crippen LogP contribution in [0.3, 0.4) is 0 Å². The molecule has 6 N–H and O–H groups in total. The summed E-state index contributed by atoms with van der Waals surface area (Å²) in [5.41, 5.74) is 5.82. The smallest absolute Gasteiger partial charge is 0.255 e. The summed E-state index contributed by atoms with van der Waals surface area (Å²) in [6.07, 6.45) is 2.93. The van der Waals surface area contributed by atoms with Gasteiger partial charge in [0.05, 0.1) is 59.4 Å². The number of nitrogens with zero attached hydrogens (tertiary/aromatic N) is 1. The molecule has 0 bridgehead atoms. The molecule has 13 nitrogen and oxygen atoms in total. The number of halogens is 1. The van der Waals surface area contributed by atoms with E-state index in [1.165, 1.54) is 0 Å². The summed E-state index contributed by atoms with van der Waals surface area (Å²) in [7, 11) is 3.09. The third-order valence-electron chi connectivity index (χ3n) is 9.42. The molecule has 2 heterocycles. The second-order valence-electron chi connectivity index (χ2n) is 12.9. The van der Waals surface area contributed by atoms with Gasteiger partial charge in [0.15, 0.2) is 17.3 Å². The first-order valence-electron chi connectivity index (χ1n) is 17.9. The molecule has 1 aliphatic heterocycles. The van der Waals surface area contributed by atoms with Gasteiger partial charge in [-0.15, -0.1) is 0 Å². The van der Waals surface area contributed by atoms with Crippen LogP contribution in [0.1, 0.15) is 70.0 Å². The summed E-state index contributed by atoms with van der Waals surface area (Å²) in [5, 5.41) is 50.3. The number of nitrogens with one attached hydrogen (secondary N) is 2. The van der Waals surface area contributed by atoms with Crippen LogP contribution in [0, 0.1) is 0 Å². The maximum atomic E-state index is 12.7. The zero-order valence-corrected chi connectivity index (χ0v) is 31.3. The molecule has 1 unspecified atom stereocenters. The number of carbonyl (C=O) groups is 1. The Kier molecular flexibility index (Phi) is 13.1. The van der Waals surface area contributed by atoms with Crippen molar-refractivity contribution < 1.29 is 48.7 Å². The lowest BCUT2D eigenvalue weighted by atomic mass is 9.97. The summed E-state index contributed by atoms with van der Waals surface area (Å²) < 4.78 is 29.1. The van der Waals surface area contributed by atoms with Crippen molar-refractivity contribution in [1.82, 2.24) is 10.5 Å². The van der Waals surface area contributed by atoms with Crippen LogP contribution in [0.2, 0.25) is 5.02 Å². The first kappa shape index (κ1) is 39.4. The number of hydrogen-bond donors (Lipinski definition) is 6. The first-order valence-corrected chi connectivity index (χ1v) is 18.2. The van der Waals surface area contributed by atoms with Crippen LogP contribution in [0.25, 0.3) is 22.6 Å². The standard InChI is InChI=1S/C41H44ClN3O10/c1-51-37-16-25(34-19-36(55-45-34)26-14-27(20-46)32(23-49)28(15-26)21-47)17-38(52-2)39(37)54-12-6-4-3-5-11-53-35-10-7-24(13-29(35)22-48)40-43-33-9-8-30(42)18-31(33)41(50)44-40/h7-10,13-19,40,43,46-49H,3-6,11-12,20-23H2,1-2H3,(H,44,50). The van der Waals surface area contributed by atoms with Crippen molar-refractivity contribution in [3.63, 3.8) is 0 Å². The van der Waals surface area contributed by atoms with E-state index in [4.69, 9.17) is 35.1 Å². The van der Waals surface area contributed by atoms with E-state index < -0.39 is 6.17 Å². The minimum atomic E-state index is -0.463. The van der Waals surface area contributed by atoms with Gasteiger partial charge in [0, 0.05) is 33.5 Å². The molecule has 1 amide bonds. The fourth-order valence-electron chi connectivity index (χ4n) is 6.50. The molecule has 55 heavy (non-hydrogen) atoms. The molecule has 1 aliphatic rings. The quantitative estimate of drug-likeness (QED) is 0.0531. The minimum absolute atomic E-state index is 0.209. The second-order valence-corrected chi connectivity index (χ2v) is 13.3. The van der Waals surface area contributed by atoms with Crippen molar-refractivity contribution in [2.45, 2.75) is 58.3 Å². The Labute approximate surface area is 323 Å². The molecule has 0 spiro atoms. The largest absolute Gasteiger partial charge is 0.493 e. The number of rotatable bonds is 18. The van der Waals surface area contributed by atoms with E-state index in [1.807, 2.05) is 18.2 Å². The van der Waals surface area contributed by atoms with Crippen LogP contribution in [-0.2, 0) is 26.4 Å². The monoisotopic (exact) mass is 773 g/mol. The fraction of sp³-hybridized carbons (Fsp3) is 0.317. The molecule has 1 aromatic heterocycles. The van der Waals surface area contributed by atoms with E-state index in [1.54, 1.807) is 62.8 Å². The normalized spacial score (nSPS) is 13.5. The molecule has 4 aromatic carbocycles. The van der Waals surface area contributed by atoms with Crippen LogP contribution < -0.4 is 29.6 Å². The Bertz CT molecular complexity index is 2070. The predicted molar refractivity (Wildman–Crippen MR) is 205 cm³/mol. The number of benzene rings is 4. The van der Waals surface area contributed by atoms with Crippen LogP contribution in [0.4, 0.5) is 5.69 Å². The van der Waals surface area contributed by atoms with Crippen molar-refractivity contribution in [2.75, 3.05) is 32.8 Å². The summed E-state index contributed by atoms with van der Waals surface area (Å²) in [5.74, 6) is 2.18. The highest BCUT2D eigenvalue weighted by Gasteiger charge is 2.26. The van der Waals surface area contributed by atoms with Gasteiger partial charge in [-0.2, -0.15) is 0 Å². The van der Waals surface area contributed by atoms with Gasteiger partial charge < -0.3 is 54.5 Å². The number of amides is 1. The van der Waals surface area contributed by atoms with Crippen molar-refractivity contribution in [1.29, 1.82) is 0 Å². The zero-order chi connectivity index (χ0) is 38.9. The van der Waals surface area contributed by atoms with E-state index in [2.05, 4.69) is 15.8 Å². The number of aromatic nitrogens is 1. The molecule has 0 saturated carbocycles. The number of ether oxygens (including phenoxy) is 4. The van der Waals surface area contributed by atoms with Crippen molar-refractivity contribution in [3.8, 4) is 45.6 Å². The Balaban J connectivity index is 0.992. The first-order chi connectivity index (χ1) is 26.8. The maximum absolute atomic E-state index is 12.7. The highest BCUT2D eigenvalue weighted by Crippen LogP contribution is 2.42. The van der Waals surface area contributed by atoms with E-state index in [-0.39, 0.29) is 32.3 Å². The SMILES string of the molecule is COc1cc(-c2cc(-c3cc(CO)c(CO)c(CO)c3)on2)cc(OC)c1OCCCCCCOc1ccc(C2NC(=O)c3cc(Cl)ccc3N2)cc1CO. The van der Waals surface area contributed by atoms with Gasteiger partial charge in [-0.05, 0) is 103 Å². The minimum Gasteiger partial charge on any atom is -0.493 e. The summed E-state index contributed by atoms with van der Waals surface area (Å²) >= 11 is 6.05. The predicted octanol–water partition coefficient (Wildman–Crippen LogP) is 6.52. The number of methoxy groups -OCH3 is 2. The average Bonchev–Trinajstić information content (AvgIpc) is 3.72. The number of carbonyl (C=O) groups excluding carboxylic acids is 1. The van der Waals surface area contributed by atoms with Crippen LogP contribution in [0.5, 0.6) is 23.0 Å². The number of fused-ring (bicyclic) bond motifs is 1. The number of hydrogen-bond acceptors (Lipinski definition) is 12. The van der Waals surface area contributed by atoms with Crippen LogP contribution in [0.15, 0.2) is 71.3 Å². The molecule has 5 aromatic rings. The number of aliphatic hydroxyl groups excluding tert-OH is 4. The van der Waals surface area contributed by atoms with Gasteiger partial charge in [0.25, 0.3) is 5.91 Å². The Morgan fingerprint density at radius 1 is 0.709 bits per heavy atom. The Morgan fingerprint density at radius 2 is 1.38 bits per heavy atom. The highest BCUT2D eigenvalue weighted by atomic mass is 35.5. The molecule has 6 rings (SSSR count). The fourth-order valence-corrected chi connectivity index (χ4v) is 6.67. The molecule has 14 heteroatoms. The molecular formula is C41H44ClN3O10. The highest BCUT2D eigenvalue weighted by molar-refractivity contribution is 6.31. The summed E-state index contributed by atoms with van der Waals surface area (Å²) in [4.78, 5) is 12.7. The van der Waals surface area contributed by atoms with Gasteiger partial charge in [-0.25, -0.2) is 0 Å². The van der Waals surface area contributed by atoms with Crippen LogP contribution >= 0.6 is 11.6 Å². The average molecular weight is 774 g/mol. The van der Waals surface area contributed by atoms with Crippen molar-refractivity contribution >= 4 is 23.2 Å². The molecule has 290 valence electrons. The molecule has 0 fully saturated rings. The van der Waals surface area contributed by atoms with Gasteiger partial charge in [-0.1, -0.05) is 22.8 Å². The molecular weight excluding hydrogens is 730 g/mol. The third kappa shape index (κ3) is 8.98. The maximum Gasteiger partial charge on any atom is 0.255 e. The van der Waals surface area contributed by atoms with E-state index >= 15 is 0 Å². The van der Waals surface area contributed by atoms with E-state index in [0.717, 1.165) is 31.2 Å². The van der Waals surface area contributed by atoms with Crippen molar-refractivity contribution in [3.05, 3.63) is 105 Å².